The maximum Gasteiger partial charge on any atom is 0.185 e. The second-order valence-electron chi connectivity index (χ2n) is 2.16. The number of unbranched alkanes of at least 4 members (excludes halogenated alkanes) is 2. The van der Waals surface area contributed by atoms with Crippen molar-refractivity contribution >= 4 is 13.8 Å². The number of nitrogens with two attached hydrogens (primary N) is 2. The summed E-state index contributed by atoms with van der Waals surface area (Å²) in [6.07, 6.45) is 3.93. The summed E-state index contributed by atoms with van der Waals surface area (Å²) in [6.45, 7) is 0.725. The molecular formula is C6H14BN3. The average molecular weight is 139 g/mol. The molecule has 4 N–H and O–H groups in total. The Morgan fingerprint density at radius 2 is 1.90 bits per heavy atom. The Balaban J connectivity index is 2.98. The quantitative estimate of drug-likeness (QED) is 0.244. The Kier molecular flexibility index (Phi) is 6.03. The first-order chi connectivity index (χ1) is 4.77. The smallest absolute Gasteiger partial charge is 0.185 e. The zero-order valence-corrected chi connectivity index (χ0v) is 6.21. The second kappa shape index (κ2) is 6.45. The summed E-state index contributed by atoms with van der Waals surface area (Å²) < 4.78 is 0. The zero-order valence-electron chi connectivity index (χ0n) is 6.21. The first-order valence-electron chi connectivity index (χ1n) is 3.53. The van der Waals surface area contributed by atoms with E-state index < -0.39 is 0 Å². The van der Waals surface area contributed by atoms with E-state index in [9.17, 15) is 0 Å². The Morgan fingerprint density at radius 1 is 1.20 bits per heavy atom. The van der Waals surface area contributed by atoms with E-state index in [2.05, 4.69) is 4.99 Å². The third kappa shape index (κ3) is 7.33. The van der Waals surface area contributed by atoms with E-state index in [1.54, 1.807) is 0 Å². The normalized spacial score (nSPS) is 9.20. The first-order valence-corrected chi connectivity index (χ1v) is 3.53. The standard InChI is InChI=1S/C6H14BN3/c7-4-2-1-3-5-10-6(8)9/h1-5H2,(H4,8,9,10). The summed E-state index contributed by atoms with van der Waals surface area (Å²) in [6, 6.07) is 0. The molecule has 0 aromatic heterocycles. The molecule has 56 valence electrons. The zero-order chi connectivity index (χ0) is 7.82. The SMILES string of the molecule is [B]CCCCCN=C(N)N. The van der Waals surface area contributed by atoms with Crippen LogP contribution in [0.15, 0.2) is 4.99 Å². The Hall–Kier alpha value is -0.665. The highest BCUT2D eigenvalue weighted by Crippen LogP contribution is 1.97. The first kappa shape index (κ1) is 9.33. The number of guanidine groups is 1. The van der Waals surface area contributed by atoms with Gasteiger partial charge in [0.05, 0.1) is 7.85 Å². The third-order valence-corrected chi connectivity index (χ3v) is 1.16. The van der Waals surface area contributed by atoms with Gasteiger partial charge in [-0.25, -0.2) is 0 Å². The van der Waals surface area contributed by atoms with Gasteiger partial charge in [-0.2, -0.15) is 0 Å². The topological polar surface area (TPSA) is 64.4 Å². The van der Waals surface area contributed by atoms with Crippen LogP contribution in [0.5, 0.6) is 0 Å². The van der Waals surface area contributed by atoms with Crippen LogP contribution in [0.2, 0.25) is 6.32 Å². The van der Waals surface area contributed by atoms with E-state index in [0.717, 1.165) is 32.1 Å². The van der Waals surface area contributed by atoms with E-state index in [-0.39, 0.29) is 5.96 Å². The molecule has 0 aliphatic rings. The fourth-order valence-corrected chi connectivity index (χ4v) is 0.641. The fourth-order valence-electron chi connectivity index (χ4n) is 0.641. The minimum absolute atomic E-state index is 0.174. The highest BCUT2D eigenvalue weighted by molar-refractivity contribution is 6.08. The van der Waals surface area contributed by atoms with Crippen molar-refractivity contribution in [3.05, 3.63) is 0 Å². The van der Waals surface area contributed by atoms with Crippen molar-refractivity contribution in [3.8, 4) is 0 Å². The lowest BCUT2D eigenvalue weighted by atomic mass is 10.00. The maximum absolute atomic E-state index is 5.29. The molecule has 0 heterocycles. The number of hydrogen-bond donors (Lipinski definition) is 2. The van der Waals surface area contributed by atoms with Gasteiger partial charge in [0.25, 0.3) is 0 Å². The molecule has 0 aliphatic carbocycles. The van der Waals surface area contributed by atoms with Crippen molar-refractivity contribution in [1.82, 2.24) is 0 Å². The highest BCUT2D eigenvalue weighted by Gasteiger charge is 1.85. The van der Waals surface area contributed by atoms with Crippen molar-refractivity contribution in [2.75, 3.05) is 6.54 Å². The van der Waals surface area contributed by atoms with E-state index in [1.165, 1.54) is 0 Å². The van der Waals surface area contributed by atoms with Gasteiger partial charge in [0.15, 0.2) is 5.96 Å². The average Bonchev–Trinajstić information content (AvgIpc) is 1.87. The van der Waals surface area contributed by atoms with Gasteiger partial charge in [0.1, 0.15) is 0 Å². The molecule has 0 saturated heterocycles. The van der Waals surface area contributed by atoms with E-state index >= 15 is 0 Å². The Bertz CT molecular complexity index is 99.2. The minimum Gasteiger partial charge on any atom is -0.370 e. The summed E-state index contributed by atoms with van der Waals surface area (Å²) in [5, 5.41) is 0. The Labute approximate surface area is 63.3 Å². The summed E-state index contributed by atoms with van der Waals surface area (Å²) in [4.78, 5) is 3.83. The molecule has 0 unspecified atom stereocenters. The monoisotopic (exact) mass is 139 g/mol. The molecule has 0 aliphatic heterocycles. The van der Waals surface area contributed by atoms with Gasteiger partial charge in [0.2, 0.25) is 0 Å². The second-order valence-corrected chi connectivity index (χ2v) is 2.16. The molecule has 2 radical (unpaired) electrons. The summed E-state index contributed by atoms with van der Waals surface area (Å²) >= 11 is 0. The molecule has 0 fully saturated rings. The van der Waals surface area contributed by atoms with Crippen LogP contribution >= 0.6 is 0 Å². The van der Waals surface area contributed by atoms with Crippen molar-refractivity contribution in [3.63, 3.8) is 0 Å². The predicted molar refractivity (Wildman–Crippen MR) is 45.1 cm³/mol. The molecule has 0 amide bonds. The summed E-state index contributed by atoms with van der Waals surface area (Å²) in [5.41, 5.74) is 10.2. The van der Waals surface area contributed by atoms with E-state index in [4.69, 9.17) is 19.3 Å². The lowest BCUT2D eigenvalue weighted by molar-refractivity contribution is 0.727. The molecule has 0 aromatic rings. The molecule has 0 saturated carbocycles. The van der Waals surface area contributed by atoms with Crippen molar-refractivity contribution < 1.29 is 0 Å². The molecule has 10 heavy (non-hydrogen) atoms. The van der Waals surface area contributed by atoms with Crippen LogP contribution in [0.4, 0.5) is 0 Å². The van der Waals surface area contributed by atoms with Crippen LogP contribution in [0.3, 0.4) is 0 Å². The predicted octanol–water partition coefficient (Wildman–Crippen LogP) is 0.0169. The van der Waals surface area contributed by atoms with Crippen LogP contribution in [0, 0.1) is 0 Å². The number of nitrogens with zero attached hydrogens (tertiary/aromatic N) is 1. The molecule has 0 rings (SSSR count). The van der Waals surface area contributed by atoms with Gasteiger partial charge in [-0.05, 0) is 6.42 Å². The van der Waals surface area contributed by atoms with Crippen molar-refractivity contribution in [2.24, 2.45) is 16.5 Å². The van der Waals surface area contributed by atoms with Crippen LogP contribution in [0.25, 0.3) is 0 Å². The molecule has 0 bridgehead atoms. The molecule has 0 aromatic carbocycles. The van der Waals surface area contributed by atoms with Gasteiger partial charge in [0, 0.05) is 6.54 Å². The molecule has 0 atom stereocenters. The Morgan fingerprint density at radius 3 is 2.40 bits per heavy atom. The van der Waals surface area contributed by atoms with Gasteiger partial charge in [-0.1, -0.05) is 19.2 Å². The van der Waals surface area contributed by atoms with Gasteiger partial charge in [-0.3, -0.25) is 4.99 Å². The van der Waals surface area contributed by atoms with Crippen LogP contribution in [0.1, 0.15) is 19.3 Å². The van der Waals surface area contributed by atoms with Crippen LogP contribution < -0.4 is 11.5 Å². The largest absolute Gasteiger partial charge is 0.370 e. The van der Waals surface area contributed by atoms with Crippen molar-refractivity contribution in [2.45, 2.75) is 25.6 Å². The van der Waals surface area contributed by atoms with Gasteiger partial charge < -0.3 is 11.5 Å². The molecule has 0 spiro atoms. The summed E-state index contributed by atoms with van der Waals surface area (Å²) in [7, 11) is 5.29. The minimum atomic E-state index is 0.174. The number of aliphatic imine (C=N–C) groups is 1. The van der Waals surface area contributed by atoms with Crippen LogP contribution in [-0.2, 0) is 0 Å². The fraction of sp³-hybridized carbons (Fsp3) is 0.833. The highest BCUT2D eigenvalue weighted by atomic mass is 15.0. The number of rotatable bonds is 5. The van der Waals surface area contributed by atoms with Gasteiger partial charge in [-0.15, -0.1) is 0 Å². The van der Waals surface area contributed by atoms with E-state index in [0.29, 0.717) is 0 Å². The van der Waals surface area contributed by atoms with Crippen molar-refractivity contribution in [1.29, 1.82) is 0 Å². The maximum atomic E-state index is 5.29. The summed E-state index contributed by atoms with van der Waals surface area (Å²) in [5.74, 6) is 0.174. The van der Waals surface area contributed by atoms with Gasteiger partial charge >= 0.3 is 0 Å². The third-order valence-electron chi connectivity index (χ3n) is 1.16. The molecule has 3 nitrogen and oxygen atoms in total. The molecular weight excluding hydrogens is 125 g/mol. The lowest BCUT2D eigenvalue weighted by Gasteiger charge is -1.94. The van der Waals surface area contributed by atoms with E-state index in [1.807, 2.05) is 0 Å². The van der Waals surface area contributed by atoms with Crippen LogP contribution in [-0.4, -0.2) is 20.4 Å². The molecule has 4 heteroatoms. The lowest BCUT2D eigenvalue weighted by Crippen LogP contribution is -2.22. The number of hydrogen-bond acceptors (Lipinski definition) is 1.